The monoisotopic (exact) mass is 390 g/mol. The van der Waals surface area contributed by atoms with Crippen LogP contribution in [-0.4, -0.2) is 26.4 Å². The SMILES string of the molecule is C=CCn1c(SCC(=O)NCc2ccc(Cl)cc2)nnc1C1CCCC1. The number of rotatable bonds is 8. The Morgan fingerprint density at radius 2 is 2.04 bits per heavy atom. The Morgan fingerprint density at radius 1 is 1.31 bits per heavy atom. The van der Waals surface area contributed by atoms with E-state index in [-0.39, 0.29) is 5.91 Å². The summed E-state index contributed by atoms with van der Waals surface area (Å²) in [4.78, 5) is 12.2. The zero-order valence-electron chi connectivity index (χ0n) is 14.7. The fourth-order valence-electron chi connectivity index (χ4n) is 3.18. The highest BCUT2D eigenvalue weighted by Gasteiger charge is 2.24. The summed E-state index contributed by atoms with van der Waals surface area (Å²) >= 11 is 7.29. The van der Waals surface area contributed by atoms with Crippen molar-refractivity contribution in [1.29, 1.82) is 0 Å². The van der Waals surface area contributed by atoms with Crippen LogP contribution in [0.15, 0.2) is 42.1 Å². The number of benzene rings is 1. The number of aromatic nitrogens is 3. The third-order valence-corrected chi connectivity index (χ3v) is 5.73. The molecule has 1 N–H and O–H groups in total. The highest BCUT2D eigenvalue weighted by atomic mass is 35.5. The van der Waals surface area contributed by atoms with E-state index in [0.29, 0.717) is 29.8 Å². The second-order valence-corrected chi connectivity index (χ2v) is 7.79. The number of amides is 1. The molecule has 1 aliphatic rings. The average molecular weight is 391 g/mol. The lowest BCUT2D eigenvalue weighted by Crippen LogP contribution is -2.24. The van der Waals surface area contributed by atoms with Crippen molar-refractivity contribution in [2.24, 2.45) is 0 Å². The van der Waals surface area contributed by atoms with Crippen LogP contribution in [0.25, 0.3) is 0 Å². The molecule has 0 spiro atoms. The van der Waals surface area contributed by atoms with Crippen LogP contribution in [0.3, 0.4) is 0 Å². The third-order valence-electron chi connectivity index (χ3n) is 4.51. The van der Waals surface area contributed by atoms with E-state index in [9.17, 15) is 4.79 Å². The van der Waals surface area contributed by atoms with Gasteiger partial charge in [0.05, 0.1) is 5.75 Å². The molecular formula is C19H23ClN4OS. The predicted molar refractivity (Wildman–Crippen MR) is 105 cm³/mol. The lowest BCUT2D eigenvalue weighted by atomic mass is 10.1. The first-order chi connectivity index (χ1) is 12.7. The van der Waals surface area contributed by atoms with Crippen LogP contribution in [0.4, 0.5) is 0 Å². The van der Waals surface area contributed by atoms with Gasteiger partial charge in [-0.15, -0.1) is 16.8 Å². The number of hydrogen-bond donors (Lipinski definition) is 1. The largest absolute Gasteiger partial charge is 0.351 e. The van der Waals surface area contributed by atoms with Crippen molar-refractivity contribution in [3.05, 3.63) is 53.3 Å². The average Bonchev–Trinajstić information content (AvgIpc) is 3.29. The fourth-order valence-corrected chi connectivity index (χ4v) is 4.09. The number of allylic oxidation sites excluding steroid dienone is 1. The van der Waals surface area contributed by atoms with Gasteiger partial charge in [0, 0.05) is 24.0 Å². The van der Waals surface area contributed by atoms with E-state index in [4.69, 9.17) is 11.6 Å². The first-order valence-electron chi connectivity index (χ1n) is 8.85. The van der Waals surface area contributed by atoms with E-state index in [1.807, 2.05) is 30.3 Å². The molecule has 1 amide bonds. The molecule has 0 atom stereocenters. The summed E-state index contributed by atoms with van der Waals surface area (Å²) in [6.07, 6.45) is 6.69. The number of nitrogens with zero attached hydrogens (tertiary/aromatic N) is 3. The molecule has 1 aromatic heterocycles. The summed E-state index contributed by atoms with van der Waals surface area (Å²) in [5.41, 5.74) is 1.02. The Bertz CT molecular complexity index is 753. The van der Waals surface area contributed by atoms with E-state index < -0.39 is 0 Å². The lowest BCUT2D eigenvalue weighted by Gasteiger charge is -2.12. The minimum absolute atomic E-state index is 0.0273. The Morgan fingerprint density at radius 3 is 2.73 bits per heavy atom. The molecular weight excluding hydrogens is 368 g/mol. The quantitative estimate of drug-likeness (QED) is 0.542. The van der Waals surface area contributed by atoms with E-state index in [2.05, 4.69) is 26.7 Å². The van der Waals surface area contributed by atoms with Crippen molar-refractivity contribution < 1.29 is 4.79 Å². The maximum Gasteiger partial charge on any atom is 0.230 e. The maximum absolute atomic E-state index is 12.2. The Balaban J connectivity index is 1.55. The molecule has 1 aromatic carbocycles. The second kappa shape index (κ2) is 9.24. The first-order valence-corrected chi connectivity index (χ1v) is 10.2. The van der Waals surface area contributed by atoms with Gasteiger partial charge in [0.25, 0.3) is 0 Å². The number of hydrogen-bond acceptors (Lipinski definition) is 4. The van der Waals surface area contributed by atoms with Crippen LogP contribution in [0.2, 0.25) is 5.02 Å². The molecule has 5 nitrogen and oxygen atoms in total. The molecule has 1 aliphatic carbocycles. The molecule has 1 saturated carbocycles. The van der Waals surface area contributed by atoms with Crippen LogP contribution >= 0.6 is 23.4 Å². The Kier molecular flexibility index (Phi) is 6.74. The minimum atomic E-state index is -0.0273. The van der Waals surface area contributed by atoms with E-state index in [0.717, 1.165) is 16.5 Å². The Labute approximate surface area is 163 Å². The molecule has 26 heavy (non-hydrogen) atoms. The topological polar surface area (TPSA) is 59.8 Å². The summed E-state index contributed by atoms with van der Waals surface area (Å²) in [6, 6.07) is 7.45. The van der Waals surface area contributed by atoms with Crippen LogP contribution < -0.4 is 5.32 Å². The van der Waals surface area contributed by atoms with Crippen LogP contribution in [0, 0.1) is 0 Å². The number of carbonyl (C=O) groups is 1. The van der Waals surface area contributed by atoms with Gasteiger partial charge in [0.15, 0.2) is 5.16 Å². The summed E-state index contributed by atoms with van der Waals surface area (Å²) in [5.74, 6) is 1.80. The molecule has 1 fully saturated rings. The van der Waals surface area contributed by atoms with Crippen LogP contribution in [-0.2, 0) is 17.9 Å². The van der Waals surface area contributed by atoms with Crippen molar-refractivity contribution in [1.82, 2.24) is 20.1 Å². The highest BCUT2D eigenvalue weighted by Crippen LogP contribution is 2.34. The lowest BCUT2D eigenvalue weighted by molar-refractivity contribution is -0.118. The molecule has 7 heteroatoms. The maximum atomic E-state index is 12.2. The molecule has 1 heterocycles. The van der Waals surface area contributed by atoms with E-state index >= 15 is 0 Å². The summed E-state index contributed by atoms with van der Waals surface area (Å²) in [5, 5.41) is 13.1. The summed E-state index contributed by atoms with van der Waals surface area (Å²) in [7, 11) is 0. The summed E-state index contributed by atoms with van der Waals surface area (Å²) < 4.78 is 2.10. The molecule has 138 valence electrons. The molecule has 0 unspecified atom stereocenters. The van der Waals surface area contributed by atoms with Crippen molar-refractivity contribution >= 4 is 29.3 Å². The van der Waals surface area contributed by atoms with E-state index in [1.165, 1.54) is 37.4 Å². The molecule has 0 bridgehead atoms. The van der Waals surface area contributed by atoms with E-state index in [1.54, 1.807) is 0 Å². The first kappa shape index (κ1) is 19.0. The number of carbonyl (C=O) groups excluding carboxylic acids is 1. The van der Waals surface area contributed by atoms with Gasteiger partial charge in [-0.05, 0) is 30.5 Å². The molecule has 0 saturated heterocycles. The number of nitrogens with one attached hydrogen (secondary N) is 1. The van der Waals surface area contributed by atoms with Crippen molar-refractivity contribution in [2.75, 3.05) is 5.75 Å². The molecule has 0 radical (unpaired) electrons. The van der Waals surface area contributed by atoms with Gasteiger partial charge < -0.3 is 9.88 Å². The third kappa shape index (κ3) is 4.89. The predicted octanol–water partition coefficient (Wildman–Crippen LogP) is 4.18. The van der Waals surface area contributed by atoms with Gasteiger partial charge >= 0.3 is 0 Å². The van der Waals surface area contributed by atoms with Gasteiger partial charge in [-0.1, -0.05) is 54.4 Å². The smallest absolute Gasteiger partial charge is 0.230 e. The number of thioether (sulfide) groups is 1. The van der Waals surface area contributed by atoms with Crippen LogP contribution in [0.5, 0.6) is 0 Å². The number of halogens is 1. The van der Waals surface area contributed by atoms with Gasteiger partial charge in [-0.2, -0.15) is 0 Å². The van der Waals surface area contributed by atoms with Crippen molar-refractivity contribution in [2.45, 2.75) is 49.8 Å². The highest BCUT2D eigenvalue weighted by molar-refractivity contribution is 7.99. The van der Waals surface area contributed by atoms with Gasteiger partial charge in [0.2, 0.25) is 5.91 Å². The Hall–Kier alpha value is -1.79. The molecule has 2 aromatic rings. The van der Waals surface area contributed by atoms with Crippen molar-refractivity contribution in [3.8, 4) is 0 Å². The van der Waals surface area contributed by atoms with Crippen molar-refractivity contribution in [3.63, 3.8) is 0 Å². The minimum Gasteiger partial charge on any atom is -0.351 e. The van der Waals surface area contributed by atoms with Gasteiger partial charge in [-0.3, -0.25) is 4.79 Å². The van der Waals surface area contributed by atoms with Crippen LogP contribution in [0.1, 0.15) is 43.0 Å². The normalized spacial score (nSPS) is 14.5. The molecule has 0 aliphatic heterocycles. The van der Waals surface area contributed by atoms with Gasteiger partial charge in [0.1, 0.15) is 5.82 Å². The zero-order valence-corrected chi connectivity index (χ0v) is 16.2. The fraction of sp³-hybridized carbons (Fsp3) is 0.421. The summed E-state index contributed by atoms with van der Waals surface area (Å²) in [6.45, 7) is 5.00. The van der Waals surface area contributed by atoms with Gasteiger partial charge in [-0.25, -0.2) is 0 Å². The standard InChI is InChI=1S/C19H23ClN4OS/c1-2-11-24-18(15-5-3-4-6-15)22-23-19(24)26-13-17(25)21-12-14-7-9-16(20)10-8-14/h2,7-10,15H,1,3-6,11-13H2,(H,21,25). The zero-order chi connectivity index (χ0) is 18.4. The second-order valence-electron chi connectivity index (χ2n) is 6.41. The molecule has 3 rings (SSSR count).